The van der Waals surface area contributed by atoms with Crippen LogP contribution in [0.2, 0.25) is 5.02 Å². The number of thioether (sulfide) groups is 1. The predicted octanol–water partition coefficient (Wildman–Crippen LogP) is 3.71. The van der Waals surface area contributed by atoms with E-state index in [2.05, 4.69) is 4.72 Å². The van der Waals surface area contributed by atoms with Gasteiger partial charge in [-0.2, -0.15) is 0 Å². The van der Waals surface area contributed by atoms with E-state index in [-0.39, 0.29) is 16.1 Å². The molecule has 0 saturated carbocycles. The van der Waals surface area contributed by atoms with Gasteiger partial charge in [-0.1, -0.05) is 30.7 Å². The molecule has 1 N–H and O–H groups in total. The van der Waals surface area contributed by atoms with E-state index in [1.54, 1.807) is 47.0 Å². The van der Waals surface area contributed by atoms with Gasteiger partial charge in [0.2, 0.25) is 15.9 Å². The average molecular weight is 425 g/mol. The van der Waals surface area contributed by atoms with Crippen molar-refractivity contribution in [3.05, 3.63) is 53.1 Å². The molecule has 0 radical (unpaired) electrons. The van der Waals surface area contributed by atoms with Crippen molar-refractivity contribution in [1.29, 1.82) is 0 Å². The quantitative estimate of drug-likeness (QED) is 0.794. The molecule has 27 heavy (non-hydrogen) atoms. The van der Waals surface area contributed by atoms with Gasteiger partial charge in [-0.05, 0) is 42.3 Å². The van der Waals surface area contributed by atoms with Crippen LogP contribution in [0.25, 0.3) is 0 Å². The van der Waals surface area contributed by atoms with E-state index in [1.807, 2.05) is 19.1 Å². The number of nitrogens with one attached hydrogen (secondary N) is 1. The Bertz CT molecular complexity index is 946. The van der Waals surface area contributed by atoms with E-state index in [0.717, 1.165) is 16.1 Å². The van der Waals surface area contributed by atoms with E-state index in [1.165, 1.54) is 6.92 Å². The second-order valence-corrected chi connectivity index (χ2v) is 10.1. The molecule has 0 spiro atoms. The zero-order chi connectivity index (χ0) is 19.6. The first-order valence-corrected chi connectivity index (χ1v) is 11.3. The smallest absolute Gasteiger partial charge is 0.240 e. The first-order chi connectivity index (χ1) is 12.8. The van der Waals surface area contributed by atoms with E-state index < -0.39 is 10.0 Å². The zero-order valence-electron chi connectivity index (χ0n) is 15.1. The minimum atomic E-state index is -3.62. The van der Waals surface area contributed by atoms with Crippen molar-refractivity contribution in [1.82, 2.24) is 4.72 Å². The fourth-order valence-electron chi connectivity index (χ4n) is 2.95. The maximum absolute atomic E-state index is 12.6. The van der Waals surface area contributed by atoms with Gasteiger partial charge in [-0.25, -0.2) is 13.1 Å². The molecule has 1 aliphatic rings. The number of anilines is 1. The van der Waals surface area contributed by atoms with Crippen molar-refractivity contribution in [3.63, 3.8) is 0 Å². The van der Waals surface area contributed by atoms with Gasteiger partial charge in [-0.15, -0.1) is 11.8 Å². The van der Waals surface area contributed by atoms with Gasteiger partial charge < -0.3 is 4.90 Å². The normalized spacial score (nSPS) is 16.9. The topological polar surface area (TPSA) is 66.5 Å². The van der Waals surface area contributed by atoms with Gasteiger partial charge in [-0.3, -0.25) is 4.79 Å². The Kier molecular flexibility index (Phi) is 6.15. The molecule has 1 aliphatic heterocycles. The molecule has 8 heteroatoms. The third-order valence-electron chi connectivity index (χ3n) is 4.30. The third-order valence-corrected chi connectivity index (χ3v) is 7.14. The molecule has 3 rings (SSSR count). The summed E-state index contributed by atoms with van der Waals surface area (Å²) in [4.78, 5) is 14.6. The maximum atomic E-state index is 12.6. The zero-order valence-corrected chi connectivity index (χ0v) is 17.5. The van der Waals surface area contributed by atoms with Crippen molar-refractivity contribution >= 4 is 45.0 Å². The van der Waals surface area contributed by atoms with Crippen LogP contribution in [0.3, 0.4) is 0 Å². The molecule has 0 aromatic heterocycles. The average Bonchev–Trinajstić information content (AvgIpc) is 2.62. The number of sulfonamides is 1. The molecule has 0 aliphatic carbocycles. The van der Waals surface area contributed by atoms with Crippen molar-refractivity contribution in [2.75, 3.05) is 18.0 Å². The Morgan fingerprint density at radius 3 is 2.63 bits per heavy atom. The van der Waals surface area contributed by atoms with Crippen molar-refractivity contribution in [3.8, 4) is 0 Å². The molecule has 0 saturated heterocycles. The molecule has 0 fully saturated rings. The van der Waals surface area contributed by atoms with Crippen LogP contribution in [0.5, 0.6) is 0 Å². The van der Waals surface area contributed by atoms with Gasteiger partial charge in [0.1, 0.15) is 0 Å². The van der Waals surface area contributed by atoms with Gasteiger partial charge in [0.15, 0.2) is 0 Å². The van der Waals surface area contributed by atoms with Crippen LogP contribution in [0.15, 0.2) is 52.3 Å². The molecule has 1 heterocycles. The Morgan fingerprint density at radius 2 is 1.96 bits per heavy atom. The summed E-state index contributed by atoms with van der Waals surface area (Å²) < 4.78 is 27.9. The molecule has 1 atom stereocenters. The Hall–Kier alpha value is -1.54. The number of hydrogen-bond donors (Lipinski definition) is 1. The monoisotopic (exact) mass is 424 g/mol. The van der Waals surface area contributed by atoms with Gasteiger partial charge >= 0.3 is 0 Å². The van der Waals surface area contributed by atoms with Crippen LogP contribution in [-0.4, -0.2) is 32.7 Å². The summed E-state index contributed by atoms with van der Waals surface area (Å²) in [6.07, 6.45) is 0.575. The summed E-state index contributed by atoms with van der Waals surface area (Å²) in [7, 11) is -3.62. The van der Waals surface area contributed by atoms with Gasteiger partial charge in [0.05, 0.1) is 10.6 Å². The Labute approximate surface area is 169 Å². The standard InChI is InChI=1S/C19H21ClN2O3S2/c1-13-12-22(14(2)23)18-8-7-17(11-19(18)26-13)27(24,25)21-10-9-15-3-5-16(20)6-4-15/h3-8,11,13,21H,9-10,12H2,1-2H3. The number of fused-ring (bicyclic) bond motifs is 1. The number of nitrogens with zero attached hydrogens (tertiary/aromatic N) is 1. The number of hydrogen-bond acceptors (Lipinski definition) is 4. The molecule has 2 aromatic carbocycles. The summed E-state index contributed by atoms with van der Waals surface area (Å²) in [6, 6.07) is 12.2. The van der Waals surface area contributed by atoms with Crippen molar-refractivity contribution < 1.29 is 13.2 Å². The summed E-state index contributed by atoms with van der Waals surface area (Å²) in [5.41, 5.74) is 1.78. The molecule has 2 aromatic rings. The number of carbonyl (C=O) groups is 1. The predicted molar refractivity (Wildman–Crippen MR) is 110 cm³/mol. The summed E-state index contributed by atoms with van der Waals surface area (Å²) in [5.74, 6) is -0.0416. The fraction of sp³-hybridized carbons (Fsp3) is 0.316. The fourth-order valence-corrected chi connectivity index (χ4v) is 5.36. The first kappa shape index (κ1) is 20.2. The van der Waals surface area contributed by atoms with Crippen LogP contribution in [0, 0.1) is 0 Å². The van der Waals surface area contributed by atoms with Crippen LogP contribution < -0.4 is 9.62 Å². The summed E-state index contributed by atoms with van der Waals surface area (Å²) in [6.45, 7) is 4.47. The summed E-state index contributed by atoms with van der Waals surface area (Å²) >= 11 is 7.45. The van der Waals surface area contributed by atoms with Crippen LogP contribution in [-0.2, 0) is 21.2 Å². The van der Waals surface area contributed by atoms with Crippen molar-refractivity contribution in [2.45, 2.75) is 35.3 Å². The van der Waals surface area contributed by atoms with E-state index >= 15 is 0 Å². The highest BCUT2D eigenvalue weighted by Crippen LogP contribution is 2.39. The van der Waals surface area contributed by atoms with Crippen molar-refractivity contribution in [2.24, 2.45) is 0 Å². The lowest BCUT2D eigenvalue weighted by molar-refractivity contribution is -0.116. The molecular weight excluding hydrogens is 404 g/mol. The molecule has 144 valence electrons. The lowest BCUT2D eigenvalue weighted by atomic mass is 10.2. The Balaban J connectivity index is 1.74. The molecule has 0 bridgehead atoms. The number of rotatable bonds is 5. The Morgan fingerprint density at radius 1 is 1.26 bits per heavy atom. The highest BCUT2D eigenvalue weighted by atomic mass is 35.5. The molecule has 1 unspecified atom stereocenters. The number of amides is 1. The lowest BCUT2D eigenvalue weighted by Gasteiger charge is -2.32. The number of halogens is 1. The SMILES string of the molecule is CC(=O)N1CC(C)Sc2cc(S(=O)(=O)NCCc3ccc(Cl)cc3)ccc21. The molecular formula is C19H21ClN2O3S2. The van der Waals surface area contributed by atoms with E-state index in [0.29, 0.717) is 24.5 Å². The highest BCUT2D eigenvalue weighted by Gasteiger charge is 2.26. The number of carbonyl (C=O) groups excluding carboxylic acids is 1. The van der Waals surface area contributed by atoms with Gasteiger partial charge in [0, 0.05) is 35.2 Å². The maximum Gasteiger partial charge on any atom is 0.240 e. The lowest BCUT2D eigenvalue weighted by Crippen LogP contribution is -2.37. The second kappa shape index (κ2) is 8.22. The van der Waals surface area contributed by atoms with E-state index in [4.69, 9.17) is 11.6 Å². The number of benzene rings is 2. The van der Waals surface area contributed by atoms with Crippen LogP contribution >= 0.6 is 23.4 Å². The largest absolute Gasteiger partial charge is 0.310 e. The minimum Gasteiger partial charge on any atom is -0.310 e. The van der Waals surface area contributed by atoms with Crippen LogP contribution in [0.4, 0.5) is 5.69 Å². The third kappa shape index (κ3) is 4.85. The highest BCUT2D eigenvalue weighted by molar-refractivity contribution is 8.00. The van der Waals surface area contributed by atoms with E-state index in [9.17, 15) is 13.2 Å². The first-order valence-electron chi connectivity index (χ1n) is 8.59. The summed E-state index contributed by atoms with van der Waals surface area (Å²) in [5, 5.41) is 0.858. The van der Waals surface area contributed by atoms with Gasteiger partial charge in [0.25, 0.3) is 0 Å². The molecule has 5 nitrogen and oxygen atoms in total. The minimum absolute atomic E-state index is 0.0416. The molecule has 1 amide bonds. The second-order valence-electron chi connectivity index (χ2n) is 6.46. The van der Waals surface area contributed by atoms with Crippen LogP contribution in [0.1, 0.15) is 19.4 Å².